The van der Waals surface area contributed by atoms with Crippen molar-refractivity contribution in [3.8, 4) is 0 Å². The van der Waals surface area contributed by atoms with Crippen molar-refractivity contribution < 1.29 is 4.79 Å². The van der Waals surface area contributed by atoms with E-state index in [0.29, 0.717) is 5.69 Å². The van der Waals surface area contributed by atoms with Crippen molar-refractivity contribution in [2.45, 2.75) is 20.8 Å². The molecule has 24 heavy (non-hydrogen) atoms. The van der Waals surface area contributed by atoms with Gasteiger partial charge in [0.25, 0.3) is 5.91 Å². The summed E-state index contributed by atoms with van der Waals surface area (Å²) in [7, 11) is 0. The molecular weight excluding hydrogens is 298 g/mol. The monoisotopic (exact) mass is 317 g/mol. The van der Waals surface area contributed by atoms with Gasteiger partial charge in [-0.1, -0.05) is 42.0 Å². The fourth-order valence-electron chi connectivity index (χ4n) is 2.80. The van der Waals surface area contributed by atoms with Gasteiger partial charge in [-0.25, -0.2) is 10.4 Å². The molecule has 120 valence electrons. The number of fused-ring (bicyclic) bond motifs is 1. The van der Waals surface area contributed by atoms with Crippen LogP contribution < -0.4 is 5.43 Å². The Kier molecular flexibility index (Phi) is 4.38. The molecule has 4 nitrogen and oxygen atoms in total. The van der Waals surface area contributed by atoms with Gasteiger partial charge in [0.2, 0.25) is 0 Å². The number of hydrogen-bond acceptors (Lipinski definition) is 3. The highest BCUT2D eigenvalue weighted by atomic mass is 16.2. The molecule has 0 aliphatic rings. The van der Waals surface area contributed by atoms with E-state index in [1.54, 1.807) is 12.3 Å². The fourth-order valence-corrected chi connectivity index (χ4v) is 2.80. The summed E-state index contributed by atoms with van der Waals surface area (Å²) in [4.78, 5) is 16.6. The highest BCUT2D eigenvalue weighted by Crippen LogP contribution is 2.14. The van der Waals surface area contributed by atoms with Crippen molar-refractivity contribution in [2.75, 3.05) is 0 Å². The normalized spacial score (nSPS) is 11.1. The predicted molar refractivity (Wildman–Crippen MR) is 97.5 cm³/mol. The van der Waals surface area contributed by atoms with Crippen molar-refractivity contribution in [1.82, 2.24) is 10.4 Å². The largest absolute Gasteiger partial charge is 0.289 e. The second-order valence-electron chi connectivity index (χ2n) is 5.90. The third-order valence-electron chi connectivity index (χ3n) is 3.93. The summed E-state index contributed by atoms with van der Waals surface area (Å²) in [5.74, 6) is -0.320. The van der Waals surface area contributed by atoms with E-state index in [0.717, 1.165) is 27.6 Å². The number of aromatic nitrogens is 1. The first-order chi connectivity index (χ1) is 11.5. The summed E-state index contributed by atoms with van der Waals surface area (Å²) in [6.45, 7) is 6.14. The number of hydrazone groups is 1. The topological polar surface area (TPSA) is 54.4 Å². The molecular formula is C20H19N3O. The number of nitrogens with one attached hydrogen (secondary N) is 1. The summed E-state index contributed by atoms with van der Waals surface area (Å²) in [5.41, 5.74) is 8.19. The lowest BCUT2D eigenvalue weighted by molar-refractivity contribution is 0.0950. The lowest BCUT2D eigenvalue weighted by Gasteiger charge is -2.06. The number of carbonyl (C=O) groups excluding carboxylic acids is 1. The minimum atomic E-state index is -0.320. The lowest BCUT2D eigenvalue weighted by atomic mass is 10.0. The van der Waals surface area contributed by atoms with Gasteiger partial charge in [0, 0.05) is 10.9 Å². The van der Waals surface area contributed by atoms with Gasteiger partial charge in [-0.2, -0.15) is 5.10 Å². The average Bonchev–Trinajstić information content (AvgIpc) is 2.56. The summed E-state index contributed by atoms with van der Waals surface area (Å²) >= 11 is 0. The molecule has 1 heterocycles. The van der Waals surface area contributed by atoms with Crippen molar-refractivity contribution in [3.05, 3.63) is 76.5 Å². The Bertz CT molecular complexity index is 922. The lowest BCUT2D eigenvalue weighted by Crippen LogP contribution is -2.19. The highest BCUT2D eigenvalue weighted by molar-refractivity contribution is 5.95. The van der Waals surface area contributed by atoms with Crippen LogP contribution in [0, 0.1) is 20.8 Å². The van der Waals surface area contributed by atoms with Crippen LogP contribution in [0.15, 0.2) is 53.6 Å². The SMILES string of the molecule is Cc1cc(C)c(C=NNC(=O)c2ccc3ccccc3n2)c(C)c1. The molecule has 0 aliphatic heterocycles. The number of pyridine rings is 1. The molecule has 0 fully saturated rings. The van der Waals surface area contributed by atoms with Crippen LogP contribution in [0.25, 0.3) is 10.9 Å². The molecule has 0 aliphatic carbocycles. The second-order valence-corrected chi connectivity index (χ2v) is 5.90. The summed E-state index contributed by atoms with van der Waals surface area (Å²) in [6.07, 6.45) is 1.68. The molecule has 4 heteroatoms. The molecule has 0 atom stereocenters. The Morgan fingerprint density at radius 3 is 2.50 bits per heavy atom. The number of aryl methyl sites for hydroxylation is 3. The van der Waals surface area contributed by atoms with Crippen molar-refractivity contribution >= 4 is 23.0 Å². The van der Waals surface area contributed by atoms with Crippen molar-refractivity contribution in [3.63, 3.8) is 0 Å². The minimum Gasteiger partial charge on any atom is -0.266 e. The molecule has 3 aromatic rings. The van der Waals surface area contributed by atoms with Crippen LogP contribution in [0.2, 0.25) is 0 Å². The molecule has 0 bridgehead atoms. The van der Waals surface area contributed by atoms with Gasteiger partial charge in [-0.3, -0.25) is 4.79 Å². The Balaban J connectivity index is 1.77. The molecule has 1 amide bonds. The van der Waals surface area contributed by atoms with Gasteiger partial charge in [0.05, 0.1) is 11.7 Å². The number of carbonyl (C=O) groups is 1. The molecule has 0 unspecified atom stereocenters. The van der Waals surface area contributed by atoms with Crippen LogP contribution in [0.4, 0.5) is 0 Å². The van der Waals surface area contributed by atoms with Gasteiger partial charge in [-0.05, 0) is 44.0 Å². The number of rotatable bonds is 3. The summed E-state index contributed by atoms with van der Waals surface area (Å²) in [6, 6.07) is 15.5. The van der Waals surface area contributed by atoms with Crippen LogP contribution in [0.1, 0.15) is 32.7 Å². The first-order valence-corrected chi connectivity index (χ1v) is 7.81. The van der Waals surface area contributed by atoms with E-state index < -0.39 is 0 Å². The maximum atomic E-state index is 12.2. The van der Waals surface area contributed by atoms with Crippen molar-refractivity contribution in [2.24, 2.45) is 5.10 Å². The highest BCUT2D eigenvalue weighted by Gasteiger charge is 2.07. The molecule has 1 aromatic heterocycles. The minimum absolute atomic E-state index is 0.320. The van der Waals surface area contributed by atoms with Crippen LogP contribution in [0.5, 0.6) is 0 Å². The number of nitrogens with zero attached hydrogens (tertiary/aromatic N) is 2. The van der Waals surface area contributed by atoms with E-state index in [4.69, 9.17) is 0 Å². The number of benzene rings is 2. The molecule has 2 aromatic carbocycles. The number of amides is 1. The van der Waals surface area contributed by atoms with Crippen LogP contribution in [0.3, 0.4) is 0 Å². The maximum Gasteiger partial charge on any atom is 0.289 e. The third kappa shape index (κ3) is 3.33. The van der Waals surface area contributed by atoms with E-state index >= 15 is 0 Å². The van der Waals surface area contributed by atoms with Gasteiger partial charge in [-0.15, -0.1) is 0 Å². The molecule has 0 saturated carbocycles. The standard InChI is InChI=1S/C20H19N3O/c1-13-10-14(2)17(15(3)11-13)12-21-23-20(24)19-9-8-16-6-4-5-7-18(16)22-19/h4-12H,1-3H3,(H,23,24). The molecule has 0 spiro atoms. The Morgan fingerprint density at radius 2 is 1.75 bits per heavy atom. The molecule has 3 rings (SSSR count). The zero-order valence-electron chi connectivity index (χ0n) is 14.0. The van der Waals surface area contributed by atoms with Gasteiger partial charge in [0.1, 0.15) is 5.69 Å². The smallest absolute Gasteiger partial charge is 0.266 e. The Hall–Kier alpha value is -3.01. The molecule has 0 saturated heterocycles. The second kappa shape index (κ2) is 6.62. The average molecular weight is 317 g/mol. The summed E-state index contributed by atoms with van der Waals surface area (Å²) < 4.78 is 0. The van der Waals surface area contributed by atoms with Crippen LogP contribution in [-0.4, -0.2) is 17.1 Å². The van der Waals surface area contributed by atoms with Gasteiger partial charge >= 0.3 is 0 Å². The van der Waals surface area contributed by atoms with Crippen molar-refractivity contribution in [1.29, 1.82) is 0 Å². The summed E-state index contributed by atoms with van der Waals surface area (Å²) in [5, 5.41) is 5.09. The van der Waals surface area contributed by atoms with Crippen LogP contribution >= 0.6 is 0 Å². The van der Waals surface area contributed by atoms with Gasteiger partial charge in [0.15, 0.2) is 0 Å². The predicted octanol–water partition coefficient (Wildman–Crippen LogP) is 3.92. The van der Waals surface area contributed by atoms with Gasteiger partial charge < -0.3 is 0 Å². The number of para-hydroxylation sites is 1. The Labute approximate surface area is 141 Å². The zero-order valence-corrected chi connectivity index (χ0v) is 14.0. The van der Waals surface area contributed by atoms with Crippen LogP contribution in [-0.2, 0) is 0 Å². The maximum absolute atomic E-state index is 12.2. The van der Waals surface area contributed by atoms with E-state index in [1.165, 1.54) is 5.56 Å². The van der Waals surface area contributed by atoms with E-state index in [1.807, 2.05) is 44.2 Å². The third-order valence-corrected chi connectivity index (χ3v) is 3.93. The first-order valence-electron chi connectivity index (χ1n) is 7.81. The first kappa shape index (κ1) is 15.9. The van der Waals surface area contributed by atoms with E-state index in [2.05, 4.69) is 34.6 Å². The quantitative estimate of drug-likeness (QED) is 0.588. The fraction of sp³-hybridized carbons (Fsp3) is 0.150. The van der Waals surface area contributed by atoms with E-state index in [9.17, 15) is 4.79 Å². The molecule has 1 N–H and O–H groups in total. The van der Waals surface area contributed by atoms with E-state index in [-0.39, 0.29) is 5.91 Å². The Morgan fingerprint density at radius 1 is 1.04 bits per heavy atom. The molecule has 0 radical (unpaired) electrons. The zero-order chi connectivity index (χ0) is 17.1. The number of hydrogen-bond donors (Lipinski definition) is 1.